The third-order valence-corrected chi connectivity index (χ3v) is 1.57. The number of carboxylic acid groups (broad SMARTS) is 1. The van der Waals surface area contributed by atoms with Crippen molar-refractivity contribution in [2.75, 3.05) is 0 Å². The third kappa shape index (κ3) is 10.8. The SMILES string of the molecule is CCCCCCC#C/C=C/C(=O)O. The van der Waals surface area contributed by atoms with Crippen LogP contribution in [0.15, 0.2) is 12.2 Å². The fourth-order valence-corrected chi connectivity index (χ4v) is 0.884. The molecule has 0 atom stereocenters. The molecule has 0 bridgehead atoms. The predicted molar refractivity (Wildman–Crippen MR) is 53.3 cm³/mol. The van der Waals surface area contributed by atoms with Gasteiger partial charge < -0.3 is 5.11 Å². The van der Waals surface area contributed by atoms with Crippen LogP contribution < -0.4 is 0 Å². The van der Waals surface area contributed by atoms with Crippen LogP contribution in [0.5, 0.6) is 0 Å². The molecule has 0 aliphatic carbocycles. The van der Waals surface area contributed by atoms with E-state index in [1.165, 1.54) is 25.3 Å². The highest BCUT2D eigenvalue weighted by atomic mass is 16.4. The minimum Gasteiger partial charge on any atom is -0.478 e. The lowest BCUT2D eigenvalue weighted by atomic mass is 10.2. The van der Waals surface area contributed by atoms with Crippen LogP contribution in [-0.2, 0) is 4.79 Å². The summed E-state index contributed by atoms with van der Waals surface area (Å²) in [5, 5.41) is 8.23. The quantitative estimate of drug-likeness (QED) is 0.401. The number of carbonyl (C=O) groups is 1. The number of hydrogen-bond acceptors (Lipinski definition) is 1. The van der Waals surface area contributed by atoms with Gasteiger partial charge in [-0.3, -0.25) is 0 Å². The Bertz CT molecular complexity index is 218. The Morgan fingerprint density at radius 2 is 2.15 bits per heavy atom. The van der Waals surface area contributed by atoms with E-state index < -0.39 is 5.97 Å². The van der Waals surface area contributed by atoms with E-state index in [0.717, 1.165) is 18.9 Å². The van der Waals surface area contributed by atoms with Crippen molar-refractivity contribution in [3.05, 3.63) is 12.2 Å². The van der Waals surface area contributed by atoms with Gasteiger partial charge in [-0.15, -0.1) is 0 Å². The average Bonchev–Trinajstić information content (AvgIpc) is 2.09. The van der Waals surface area contributed by atoms with Gasteiger partial charge >= 0.3 is 5.97 Å². The Balaban J connectivity index is 3.35. The van der Waals surface area contributed by atoms with Gasteiger partial charge in [0.05, 0.1) is 0 Å². The monoisotopic (exact) mass is 180 g/mol. The topological polar surface area (TPSA) is 37.3 Å². The first kappa shape index (κ1) is 11.8. The number of hydrogen-bond donors (Lipinski definition) is 1. The van der Waals surface area contributed by atoms with E-state index in [0.29, 0.717) is 0 Å². The molecule has 72 valence electrons. The Labute approximate surface area is 79.7 Å². The van der Waals surface area contributed by atoms with E-state index in [4.69, 9.17) is 5.11 Å². The normalized spacial score (nSPS) is 9.62. The zero-order chi connectivity index (χ0) is 9.94. The minimum absolute atomic E-state index is 0.865. The second kappa shape index (κ2) is 8.86. The van der Waals surface area contributed by atoms with Crippen LogP contribution >= 0.6 is 0 Å². The van der Waals surface area contributed by atoms with E-state index in [2.05, 4.69) is 18.8 Å². The van der Waals surface area contributed by atoms with Crippen molar-refractivity contribution in [2.45, 2.75) is 39.0 Å². The van der Waals surface area contributed by atoms with Crippen molar-refractivity contribution in [3.8, 4) is 11.8 Å². The van der Waals surface area contributed by atoms with Gasteiger partial charge in [0, 0.05) is 12.5 Å². The smallest absolute Gasteiger partial charge is 0.328 e. The highest BCUT2D eigenvalue weighted by Crippen LogP contribution is 2.00. The van der Waals surface area contributed by atoms with Crippen molar-refractivity contribution in [2.24, 2.45) is 0 Å². The summed E-state index contributed by atoms with van der Waals surface area (Å²) in [4.78, 5) is 10.0. The summed E-state index contributed by atoms with van der Waals surface area (Å²) in [7, 11) is 0. The summed E-state index contributed by atoms with van der Waals surface area (Å²) in [5.41, 5.74) is 0. The molecule has 0 rings (SSSR count). The lowest BCUT2D eigenvalue weighted by Gasteiger charge is -1.91. The average molecular weight is 180 g/mol. The standard InChI is InChI=1S/C11H16O2/c1-2-3-4-5-6-7-8-9-10-11(12)13/h9-10H,2-6H2,1H3,(H,12,13)/b10-9+. The van der Waals surface area contributed by atoms with E-state index in [9.17, 15) is 4.79 Å². The largest absolute Gasteiger partial charge is 0.478 e. The summed E-state index contributed by atoms with van der Waals surface area (Å²) >= 11 is 0. The maximum atomic E-state index is 10.0. The van der Waals surface area contributed by atoms with Gasteiger partial charge in [-0.05, 0) is 12.5 Å². The number of aliphatic carboxylic acids is 1. The molecule has 0 fully saturated rings. The highest BCUT2D eigenvalue weighted by Gasteiger charge is 1.83. The molecule has 2 heteroatoms. The summed E-state index contributed by atoms with van der Waals surface area (Å²) in [6.07, 6.45) is 8.11. The molecule has 0 aliphatic heterocycles. The van der Waals surface area contributed by atoms with Crippen LogP contribution in [0.4, 0.5) is 0 Å². The Kier molecular flexibility index (Phi) is 8.02. The van der Waals surface area contributed by atoms with Gasteiger partial charge in [-0.25, -0.2) is 4.79 Å². The van der Waals surface area contributed by atoms with Gasteiger partial charge in [0.2, 0.25) is 0 Å². The fourth-order valence-electron chi connectivity index (χ4n) is 0.884. The molecule has 0 unspecified atom stereocenters. The molecule has 13 heavy (non-hydrogen) atoms. The maximum absolute atomic E-state index is 10.0. The van der Waals surface area contributed by atoms with Gasteiger partial charge in [-0.2, -0.15) is 0 Å². The second-order valence-corrected chi connectivity index (χ2v) is 2.80. The molecule has 0 aromatic carbocycles. The van der Waals surface area contributed by atoms with Crippen molar-refractivity contribution in [3.63, 3.8) is 0 Å². The van der Waals surface area contributed by atoms with Crippen molar-refractivity contribution < 1.29 is 9.90 Å². The first-order valence-electron chi connectivity index (χ1n) is 4.65. The Morgan fingerprint density at radius 1 is 1.38 bits per heavy atom. The van der Waals surface area contributed by atoms with Gasteiger partial charge in [0.25, 0.3) is 0 Å². The first-order valence-corrected chi connectivity index (χ1v) is 4.65. The second-order valence-electron chi connectivity index (χ2n) is 2.80. The molecule has 0 aromatic rings. The fraction of sp³-hybridized carbons (Fsp3) is 0.545. The van der Waals surface area contributed by atoms with Crippen LogP contribution in [0, 0.1) is 11.8 Å². The summed E-state index contributed by atoms with van der Waals surface area (Å²) < 4.78 is 0. The third-order valence-electron chi connectivity index (χ3n) is 1.57. The number of rotatable bonds is 5. The minimum atomic E-state index is -0.944. The molecule has 0 heterocycles. The number of allylic oxidation sites excluding steroid dienone is 1. The first-order chi connectivity index (χ1) is 6.27. The molecule has 0 aliphatic rings. The lowest BCUT2D eigenvalue weighted by Crippen LogP contribution is -1.84. The molecule has 0 amide bonds. The zero-order valence-electron chi connectivity index (χ0n) is 8.05. The maximum Gasteiger partial charge on any atom is 0.328 e. The predicted octanol–water partition coefficient (Wildman–Crippen LogP) is 2.60. The van der Waals surface area contributed by atoms with E-state index in [1.807, 2.05) is 0 Å². The molecule has 0 radical (unpaired) electrons. The van der Waals surface area contributed by atoms with Gasteiger partial charge in [-0.1, -0.05) is 38.0 Å². The summed E-state index contributed by atoms with van der Waals surface area (Å²) in [5.74, 6) is 4.64. The van der Waals surface area contributed by atoms with E-state index >= 15 is 0 Å². The van der Waals surface area contributed by atoms with Crippen LogP contribution in [0.1, 0.15) is 39.0 Å². The zero-order valence-corrected chi connectivity index (χ0v) is 8.05. The molecular formula is C11H16O2. The molecule has 0 saturated carbocycles. The van der Waals surface area contributed by atoms with Crippen molar-refractivity contribution in [1.29, 1.82) is 0 Å². The number of unbranched alkanes of at least 4 members (excludes halogenated alkanes) is 4. The van der Waals surface area contributed by atoms with Gasteiger partial charge in [0.1, 0.15) is 0 Å². The van der Waals surface area contributed by atoms with Gasteiger partial charge in [0.15, 0.2) is 0 Å². The number of carboxylic acids is 1. The van der Waals surface area contributed by atoms with Crippen LogP contribution in [0.25, 0.3) is 0 Å². The van der Waals surface area contributed by atoms with E-state index in [-0.39, 0.29) is 0 Å². The molecule has 1 N–H and O–H groups in total. The molecule has 0 spiro atoms. The van der Waals surface area contributed by atoms with Crippen molar-refractivity contribution in [1.82, 2.24) is 0 Å². The highest BCUT2D eigenvalue weighted by molar-refractivity contribution is 5.80. The lowest BCUT2D eigenvalue weighted by molar-refractivity contribution is -0.131. The van der Waals surface area contributed by atoms with Crippen LogP contribution in [0.2, 0.25) is 0 Å². The molecule has 0 aromatic heterocycles. The van der Waals surface area contributed by atoms with E-state index in [1.54, 1.807) is 0 Å². The van der Waals surface area contributed by atoms with Crippen LogP contribution in [0.3, 0.4) is 0 Å². The molecular weight excluding hydrogens is 164 g/mol. The van der Waals surface area contributed by atoms with Crippen molar-refractivity contribution >= 4 is 5.97 Å². The summed E-state index contributed by atoms with van der Waals surface area (Å²) in [6, 6.07) is 0. The van der Waals surface area contributed by atoms with Crippen LogP contribution in [-0.4, -0.2) is 11.1 Å². The Morgan fingerprint density at radius 3 is 2.77 bits per heavy atom. The Hall–Kier alpha value is -1.23. The molecule has 2 nitrogen and oxygen atoms in total. The summed E-state index contributed by atoms with van der Waals surface area (Å²) in [6.45, 7) is 2.17. The molecule has 0 saturated heterocycles.